The zero-order valence-corrected chi connectivity index (χ0v) is 20.1. The lowest BCUT2D eigenvalue weighted by Gasteiger charge is -2.11. The number of pyridine rings is 2. The van der Waals surface area contributed by atoms with Crippen LogP contribution >= 0.6 is 11.6 Å². The number of ether oxygens (including phenoxy) is 1. The Labute approximate surface area is 195 Å². The highest BCUT2D eigenvalue weighted by atomic mass is 35.5. The van der Waals surface area contributed by atoms with E-state index in [0.717, 1.165) is 59.0 Å². The van der Waals surface area contributed by atoms with Crippen molar-refractivity contribution in [2.75, 3.05) is 13.2 Å². The SMILES string of the molecule is CCCCOCCC.Cc1cc(C)c(-c2nc3ccncc3n2-c2ccc(Cl)cc2)cn1. The summed E-state index contributed by atoms with van der Waals surface area (Å²) in [5.41, 5.74) is 5.98. The summed E-state index contributed by atoms with van der Waals surface area (Å²) in [7, 11) is 0. The van der Waals surface area contributed by atoms with Crippen LogP contribution < -0.4 is 0 Å². The van der Waals surface area contributed by atoms with E-state index in [1.165, 1.54) is 12.8 Å². The summed E-state index contributed by atoms with van der Waals surface area (Å²) in [5.74, 6) is 0.852. The van der Waals surface area contributed by atoms with Crippen molar-refractivity contribution in [2.24, 2.45) is 0 Å². The number of aryl methyl sites for hydroxylation is 2. The third kappa shape index (κ3) is 5.93. The largest absolute Gasteiger partial charge is 0.381 e. The van der Waals surface area contributed by atoms with E-state index in [1.807, 2.05) is 49.6 Å². The highest BCUT2D eigenvalue weighted by Crippen LogP contribution is 2.30. The van der Waals surface area contributed by atoms with E-state index >= 15 is 0 Å². The Kier molecular flexibility index (Phi) is 8.77. The molecule has 0 aliphatic heterocycles. The molecule has 0 fully saturated rings. The van der Waals surface area contributed by atoms with Crippen molar-refractivity contribution in [3.63, 3.8) is 0 Å². The molecule has 0 N–H and O–H groups in total. The van der Waals surface area contributed by atoms with Gasteiger partial charge in [-0.3, -0.25) is 14.5 Å². The molecule has 3 aromatic heterocycles. The Morgan fingerprint density at radius 2 is 1.75 bits per heavy atom. The lowest BCUT2D eigenvalue weighted by atomic mass is 10.1. The van der Waals surface area contributed by atoms with Gasteiger partial charge in [-0.15, -0.1) is 0 Å². The Morgan fingerprint density at radius 1 is 0.969 bits per heavy atom. The second-order valence-corrected chi connectivity index (χ2v) is 8.15. The normalized spacial score (nSPS) is 10.8. The molecular formula is C26H31ClN4O. The van der Waals surface area contributed by atoms with Crippen LogP contribution in [0.1, 0.15) is 44.4 Å². The number of rotatable bonds is 7. The number of aromatic nitrogens is 4. The minimum absolute atomic E-state index is 0.705. The van der Waals surface area contributed by atoms with Crippen LogP contribution in [-0.2, 0) is 4.74 Å². The lowest BCUT2D eigenvalue weighted by molar-refractivity contribution is 0.132. The van der Waals surface area contributed by atoms with Gasteiger partial charge in [-0.2, -0.15) is 0 Å². The molecule has 0 saturated heterocycles. The average molecular weight is 451 g/mol. The molecule has 4 rings (SSSR count). The third-order valence-corrected chi connectivity index (χ3v) is 5.27. The fraction of sp³-hybridized carbons (Fsp3) is 0.346. The average Bonchev–Trinajstić information content (AvgIpc) is 3.17. The molecular weight excluding hydrogens is 420 g/mol. The number of benzene rings is 1. The highest BCUT2D eigenvalue weighted by molar-refractivity contribution is 6.30. The summed E-state index contributed by atoms with van der Waals surface area (Å²) < 4.78 is 7.32. The maximum Gasteiger partial charge on any atom is 0.147 e. The van der Waals surface area contributed by atoms with Gasteiger partial charge in [-0.25, -0.2) is 4.98 Å². The van der Waals surface area contributed by atoms with Gasteiger partial charge in [0, 0.05) is 47.6 Å². The topological polar surface area (TPSA) is 52.8 Å². The maximum absolute atomic E-state index is 6.04. The fourth-order valence-corrected chi connectivity index (χ4v) is 3.51. The van der Waals surface area contributed by atoms with Gasteiger partial charge in [-0.1, -0.05) is 31.9 Å². The van der Waals surface area contributed by atoms with Crippen LogP contribution in [0.4, 0.5) is 0 Å². The van der Waals surface area contributed by atoms with Gasteiger partial charge in [0.15, 0.2) is 0 Å². The summed E-state index contributed by atoms with van der Waals surface area (Å²) in [6.07, 6.45) is 9.06. The lowest BCUT2D eigenvalue weighted by Crippen LogP contribution is -1.99. The maximum atomic E-state index is 6.04. The van der Waals surface area contributed by atoms with Gasteiger partial charge < -0.3 is 4.74 Å². The minimum Gasteiger partial charge on any atom is -0.381 e. The molecule has 168 valence electrons. The van der Waals surface area contributed by atoms with E-state index in [1.54, 1.807) is 6.20 Å². The van der Waals surface area contributed by atoms with Crippen molar-refractivity contribution in [1.82, 2.24) is 19.5 Å². The van der Waals surface area contributed by atoms with Crippen LogP contribution in [0.25, 0.3) is 28.1 Å². The molecule has 0 aliphatic rings. The second kappa shape index (κ2) is 11.7. The molecule has 5 nitrogen and oxygen atoms in total. The van der Waals surface area contributed by atoms with Crippen LogP contribution in [0.3, 0.4) is 0 Å². The zero-order valence-electron chi connectivity index (χ0n) is 19.3. The quantitative estimate of drug-likeness (QED) is 0.285. The van der Waals surface area contributed by atoms with E-state index in [9.17, 15) is 0 Å². The van der Waals surface area contributed by atoms with Crippen LogP contribution in [0.2, 0.25) is 5.02 Å². The first-order valence-electron chi connectivity index (χ1n) is 11.1. The van der Waals surface area contributed by atoms with Gasteiger partial charge >= 0.3 is 0 Å². The molecule has 0 saturated carbocycles. The monoisotopic (exact) mass is 450 g/mol. The van der Waals surface area contributed by atoms with Crippen LogP contribution in [0.15, 0.2) is 55.0 Å². The molecule has 0 amide bonds. The van der Waals surface area contributed by atoms with Gasteiger partial charge in [0.05, 0.1) is 17.2 Å². The minimum atomic E-state index is 0.705. The first-order valence-corrected chi connectivity index (χ1v) is 11.5. The number of nitrogens with zero attached hydrogens (tertiary/aromatic N) is 4. The van der Waals surface area contributed by atoms with Crippen LogP contribution in [0.5, 0.6) is 0 Å². The van der Waals surface area contributed by atoms with Crippen LogP contribution in [0, 0.1) is 13.8 Å². The second-order valence-electron chi connectivity index (χ2n) is 7.72. The summed E-state index contributed by atoms with van der Waals surface area (Å²) in [6.45, 7) is 10.3. The summed E-state index contributed by atoms with van der Waals surface area (Å²) in [6, 6.07) is 11.7. The third-order valence-electron chi connectivity index (χ3n) is 5.02. The van der Waals surface area contributed by atoms with E-state index < -0.39 is 0 Å². The molecule has 6 heteroatoms. The Bertz CT molecular complexity index is 1130. The molecule has 0 bridgehead atoms. The molecule has 3 heterocycles. The molecule has 0 radical (unpaired) electrons. The van der Waals surface area contributed by atoms with Crippen molar-refractivity contribution in [3.8, 4) is 17.1 Å². The van der Waals surface area contributed by atoms with E-state index in [0.29, 0.717) is 5.02 Å². The van der Waals surface area contributed by atoms with Crippen molar-refractivity contribution >= 4 is 22.6 Å². The molecule has 32 heavy (non-hydrogen) atoms. The highest BCUT2D eigenvalue weighted by Gasteiger charge is 2.16. The molecule has 0 unspecified atom stereocenters. The smallest absolute Gasteiger partial charge is 0.147 e. The van der Waals surface area contributed by atoms with Gasteiger partial charge in [-0.05, 0) is 68.7 Å². The Morgan fingerprint density at radius 3 is 2.44 bits per heavy atom. The molecule has 0 aliphatic carbocycles. The number of hydrogen-bond donors (Lipinski definition) is 0. The van der Waals surface area contributed by atoms with Crippen molar-refractivity contribution < 1.29 is 4.74 Å². The summed E-state index contributed by atoms with van der Waals surface area (Å²) >= 11 is 6.04. The van der Waals surface area contributed by atoms with Gasteiger partial charge in [0.1, 0.15) is 5.82 Å². The van der Waals surface area contributed by atoms with Crippen molar-refractivity contribution in [1.29, 1.82) is 0 Å². The van der Waals surface area contributed by atoms with E-state index in [-0.39, 0.29) is 0 Å². The van der Waals surface area contributed by atoms with E-state index in [2.05, 4.69) is 41.4 Å². The molecule has 1 aromatic carbocycles. The van der Waals surface area contributed by atoms with E-state index in [4.69, 9.17) is 21.3 Å². The number of halogens is 1. The standard InChI is InChI=1S/C19H15ClN4.C7H16O/c1-12-9-13(2)22-10-16(12)19-23-17-7-8-21-11-18(17)24(19)15-5-3-14(20)4-6-15;1-3-5-7-8-6-4-2/h3-11H,1-2H3;3-7H2,1-2H3. The number of fused-ring (bicyclic) bond motifs is 1. The van der Waals surface area contributed by atoms with Crippen LogP contribution in [-0.4, -0.2) is 32.7 Å². The molecule has 0 spiro atoms. The summed E-state index contributed by atoms with van der Waals surface area (Å²) in [4.78, 5) is 13.5. The molecule has 4 aromatic rings. The molecule has 0 atom stereocenters. The predicted octanol–water partition coefficient (Wildman–Crippen LogP) is 6.97. The van der Waals surface area contributed by atoms with Gasteiger partial charge in [0.25, 0.3) is 0 Å². The zero-order chi connectivity index (χ0) is 22.9. The van der Waals surface area contributed by atoms with Crippen molar-refractivity contribution in [2.45, 2.75) is 47.0 Å². The van der Waals surface area contributed by atoms with Gasteiger partial charge in [0.2, 0.25) is 0 Å². The van der Waals surface area contributed by atoms with Crippen molar-refractivity contribution in [3.05, 3.63) is 71.3 Å². The first-order chi connectivity index (χ1) is 15.5. The Hall–Kier alpha value is -2.76. The fourth-order valence-electron chi connectivity index (χ4n) is 3.38. The first kappa shape index (κ1) is 23.9. The summed E-state index contributed by atoms with van der Waals surface area (Å²) in [5, 5.41) is 0.705. The number of unbranched alkanes of at least 4 members (excludes halogenated alkanes) is 1. The number of hydrogen-bond acceptors (Lipinski definition) is 4. The Balaban J connectivity index is 0.000000312. The number of imidazole rings is 1. The predicted molar refractivity (Wildman–Crippen MR) is 133 cm³/mol.